The van der Waals surface area contributed by atoms with Gasteiger partial charge in [-0.3, -0.25) is 0 Å². The average Bonchev–Trinajstić information content (AvgIpc) is 2.68. The summed E-state index contributed by atoms with van der Waals surface area (Å²) in [7, 11) is 0. The third kappa shape index (κ3) is 5.10. The number of benzene rings is 1. The molecule has 3 rings (SSSR count). The average molecular weight is 363 g/mol. The zero-order chi connectivity index (χ0) is 18.4. The van der Waals surface area contributed by atoms with E-state index < -0.39 is 0 Å². The molecule has 1 N–H and O–H groups in total. The summed E-state index contributed by atoms with van der Waals surface area (Å²) in [6, 6.07) is 6.87. The van der Waals surface area contributed by atoms with E-state index in [1.807, 2.05) is 17.0 Å². The second kappa shape index (κ2) is 9.21. The van der Waals surface area contributed by atoms with Crippen molar-refractivity contribution in [3.63, 3.8) is 0 Å². The molecule has 0 aliphatic carbocycles. The van der Waals surface area contributed by atoms with Crippen LogP contribution in [-0.2, 0) is 4.74 Å². The third-order valence-electron chi connectivity index (χ3n) is 5.24. The number of nitrogens with one attached hydrogen (secondary N) is 1. The zero-order valence-corrected chi connectivity index (χ0v) is 15.6. The second-order valence-corrected chi connectivity index (χ2v) is 7.27. The van der Waals surface area contributed by atoms with Crippen LogP contribution in [0.2, 0.25) is 0 Å². The first-order valence-electron chi connectivity index (χ1n) is 9.83. The molecule has 2 fully saturated rings. The minimum Gasteiger partial charge on any atom is -0.376 e. The largest absolute Gasteiger partial charge is 0.376 e. The molecule has 6 heteroatoms. The van der Waals surface area contributed by atoms with Crippen molar-refractivity contribution in [1.82, 2.24) is 10.2 Å². The number of carbonyl (C=O) groups excluding carboxylic acids is 1. The summed E-state index contributed by atoms with van der Waals surface area (Å²) in [4.78, 5) is 16.7. The Balaban J connectivity index is 1.43. The van der Waals surface area contributed by atoms with Crippen LogP contribution in [0.4, 0.5) is 14.9 Å². The first-order valence-corrected chi connectivity index (χ1v) is 9.83. The molecule has 0 radical (unpaired) electrons. The number of urea groups is 1. The van der Waals surface area contributed by atoms with Crippen molar-refractivity contribution < 1.29 is 13.9 Å². The smallest absolute Gasteiger partial charge is 0.317 e. The molecule has 2 aliphatic rings. The number of amides is 2. The van der Waals surface area contributed by atoms with Gasteiger partial charge in [-0.05, 0) is 56.4 Å². The first kappa shape index (κ1) is 19.0. The monoisotopic (exact) mass is 363 g/mol. The summed E-state index contributed by atoms with van der Waals surface area (Å²) in [6.07, 6.45) is 5.05. The molecule has 2 heterocycles. The van der Waals surface area contributed by atoms with Crippen LogP contribution in [0, 0.1) is 5.82 Å². The van der Waals surface area contributed by atoms with Crippen LogP contribution in [0.3, 0.4) is 0 Å². The number of hydrogen-bond acceptors (Lipinski definition) is 3. The van der Waals surface area contributed by atoms with E-state index in [0.29, 0.717) is 6.54 Å². The maximum atomic E-state index is 13.1. The summed E-state index contributed by atoms with van der Waals surface area (Å²) in [5.74, 6) is -0.210. The van der Waals surface area contributed by atoms with Crippen LogP contribution < -0.4 is 10.2 Å². The van der Waals surface area contributed by atoms with Crippen molar-refractivity contribution in [1.29, 1.82) is 0 Å². The minimum atomic E-state index is -0.210. The highest BCUT2D eigenvalue weighted by atomic mass is 19.1. The Morgan fingerprint density at radius 1 is 1.19 bits per heavy atom. The summed E-state index contributed by atoms with van der Waals surface area (Å²) < 4.78 is 18.9. The van der Waals surface area contributed by atoms with E-state index in [-0.39, 0.29) is 24.0 Å². The Morgan fingerprint density at radius 2 is 1.92 bits per heavy atom. The number of rotatable bonds is 5. The SMILES string of the molecule is CCCO[C@@H]1CCCN(C(=O)NC2CCN(c3ccc(F)cc3)CC2)C1. The maximum Gasteiger partial charge on any atom is 0.317 e. The van der Waals surface area contributed by atoms with E-state index in [1.165, 1.54) is 12.1 Å². The number of nitrogens with zero attached hydrogens (tertiary/aromatic N) is 2. The number of ether oxygens (including phenoxy) is 1. The Kier molecular flexibility index (Phi) is 6.72. The van der Waals surface area contributed by atoms with Crippen molar-refractivity contribution >= 4 is 11.7 Å². The predicted octanol–water partition coefficient (Wildman–Crippen LogP) is 3.40. The van der Waals surface area contributed by atoms with Gasteiger partial charge in [-0.2, -0.15) is 0 Å². The van der Waals surface area contributed by atoms with Crippen molar-refractivity contribution in [3.8, 4) is 0 Å². The third-order valence-corrected chi connectivity index (χ3v) is 5.24. The first-order chi connectivity index (χ1) is 12.7. The quantitative estimate of drug-likeness (QED) is 0.872. The van der Waals surface area contributed by atoms with Crippen LogP contribution in [0.25, 0.3) is 0 Å². The molecule has 0 unspecified atom stereocenters. The number of hydrogen-bond donors (Lipinski definition) is 1. The van der Waals surface area contributed by atoms with Crippen LogP contribution in [0.1, 0.15) is 39.0 Å². The van der Waals surface area contributed by atoms with Gasteiger partial charge in [-0.25, -0.2) is 9.18 Å². The number of piperidine rings is 2. The molecular weight excluding hydrogens is 333 g/mol. The number of likely N-dealkylation sites (tertiary alicyclic amines) is 1. The Labute approximate surface area is 155 Å². The van der Waals surface area contributed by atoms with Gasteiger partial charge in [0.05, 0.1) is 6.10 Å². The van der Waals surface area contributed by atoms with Crippen LogP contribution >= 0.6 is 0 Å². The highest BCUT2D eigenvalue weighted by Crippen LogP contribution is 2.21. The van der Waals surface area contributed by atoms with E-state index in [4.69, 9.17) is 4.74 Å². The Morgan fingerprint density at radius 3 is 2.62 bits per heavy atom. The van der Waals surface area contributed by atoms with E-state index in [1.54, 1.807) is 0 Å². The zero-order valence-electron chi connectivity index (χ0n) is 15.6. The molecule has 0 bridgehead atoms. The van der Waals surface area contributed by atoms with E-state index >= 15 is 0 Å². The molecule has 2 amide bonds. The van der Waals surface area contributed by atoms with E-state index in [2.05, 4.69) is 17.1 Å². The van der Waals surface area contributed by atoms with Crippen LogP contribution in [-0.4, -0.2) is 55.9 Å². The number of anilines is 1. The lowest BCUT2D eigenvalue weighted by atomic mass is 10.0. The van der Waals surface area contributed by atoms with E-state index in [0.717, 1.165) is 64.0 Å². The molecule has 0 saturated carbocycles. The Bertz CT molecular complexity index is 573. The Hall–Kier alpha value is -1.82. The van der Waals surface area contributed by atoms with Gasteiger partial charge in [-0.15, -0.1) is 0 Å². The highest BCUT2D eigenvalue weighted by molar-refractivity contribution is 5.74. The number of halogens is 1. The fourth-order valence-corrected chi connectivity index (χ4v) is 3.74. The molecule has 2 aliphatic heterocycles. The van der Waals surface area contributed by atoms with Gasteiger partial charge in [-0.1, -0.05) is 6.92 Å². The molecule has 0 spiro atoms. The molecule has 1 atom stereocenters. The fourth-order valence-electron chi connectivity index (χ4n) is 3.74. The van der Waals surface area contributed by atoms with Gasteiger partial charge in [0.2, 0.25) is 0 Å². The van der Waals surface area contributed by atoms with Gasteiger partial charge in [0, 0.05) is 44.5 Å². The second-order valence-electron chi connectivity index (χ2n) is 7.27. The summed E-state index contributed by atoms with van der Waals surface area (Å²) in [5.41, 5.74) is 1.04. The van der Waals surface area contributed by atoms with Gasteiger partial charge in [0.25, 0.3) is 0 Å². The normalized spacial score (nSPS) is 21.7. The summed E-state index contributed by atoms with van der Waals surface area (Å²) in [5, 5.41) is 3.19. The molecule has 0 aromatic heterocycles. The fraction of sp³-hybridized carbons (Fsp3) is 0.650. The van der Waals surface area contributed by atoms with Gasteiger partial charge < -0.3 is 19.9 Å². The summed E-state index contributed by atoms with van der Waals surface area (Å²) in [6.45, 7) is 6.12. The molecule has 1 aromatic rings. The summed E-state index contributed by atoms with van der Waals surface area (Å²) >= 11 is 0. The highest BCUT2D eigenvalue weighted by Gasteiger charge is 2.27. The topological polar surface area (TPSA) is 44.8 Å². The van der Waals surface area contributed by atoms with Crippen LogP contribution in [0.5, 0.6) is 0 Å². The molecule has 144 valence electrons. The standard InChI is InChI=1S/C20H30FN3O2/c1-2-14-26-19-4-3-11-24(15-19)20(25)22-17-9-12-23(13-10-17)18-7-5-16(21)6-8-18/h5-8,17,19H,2-4,9-15H2,1H3,(H,22,25)/t19-/m1/s1. The molecular formula is C20H30FN3O2. The van der Waals surface area contributed by atoms with Crippen molar-refractivity contribution in [2.75, 3.05) is 37.7 Å². The van der Waals surface area contributed by atoms with Gasteiger partial charge >= 0.3 is 6.03 Å². The van der Waals surface area contributed by atoms with Crippen molar-refractivity contribution in [3.05, 3.63) is 30.1 Å². The lowest BCUT2D eigenvalue weighted by Gasteiger charge is -2.37. The lowest BCUT2D eigenvalue weighted by molar-refractivity contribution is 0.00966. The van der Waals surface area contributed by atoms with Crippen molar-refractivity contribution in [2.45, 2.75) is 51.2 Å². The number of carbonyl (C=O) groups is 1. The maximum absolute atomic E-state index is 13.1. The lowest BCUT2D eigenvalue weighted by Crippen LogP contribution is -2.52. The predicted molar refractivity (Wildman–Crippen MR) is 101 cm³/mol. The van der Waals surface area contributed by atoms with Crippen LogP contribution in [0.15, 0.2) is 24.3 Å². The van der Waals surface area contributed by atoms with Gasteiger partial charge in [0.1, 0.15) is 5.82 Å². The van der Waals surface area contributed by atoms with Gasteiger partial charge in [0.15, 0.2) is 0 Å². The minimum absolute atomic E-state index is 0.0371. The van der Waals surface area contributed by atoms with Crippen molar-refractivity contribution in [2.24, 2.45) is 0 Å². The molecule has 2 saturated heterocycles. The molecule has 5 nitrogen and oxygen atoms in total. The molecule has 26 heavy (non-hydrogen) atoms. The molecule has 1 aromatic carbocycles. The van der Waals surface area contributed by atoms with E-state index in [9.17, 15) is 9.18 Å².